The highest BCUT2D eigenvalue weighted by molar-refractivity contribution is 6.59. The van der Waals surface area contributed by atoms with Crippen molar-refractivity contribution in [1.82, 2.24) is 9.13 Å². The lowest BCUT2D eigenvalue weighted by Crippen LogP contribution is -2.29. The predicted octanol–water partition coefficient (Wildman–Crippen LogP) is 5.57. The van der Waals surface area contributed by atoms with Crippen LogP contribution in [0.25, 0.3) is 55.0 Å². The number of nitrogens with zero attached hydrogens (tertiary/aromatic N) is 2. The molecular weight excluding hydrogens is 459 g/mol. The molecule has 0 saturated heterocycles. The van der Waals surface area contributed by atoms with Crippen molar-refractivity contribution in [2.45, 2.75) is 0 Å². The number of para-hydroxylation sites is 2. The van der Waals surface area contributed by atoms with Gasteiger partial charge in [0.2, 0.25) is 0 Å². The average Bonchev–Trinajstić information content (AvgIpc) is 3.45. The molecule has 0 spiro atoms. The van der Waals surface area contributed by atoms with E-state index in [4.69, 9.17) is 4.74 Å². The minimum atomic E-state index is -1.54. The van der Waals surface area contributed by atoms with Crippen LogP contribution in [0.4, 0.5) is 0 Å². The zero-order valence-electron chi connectivity index (χ0n) is 20.2. The highest BCUT2D eigenvalue weighted by Crippen LogP contribution is 2.36. The van der Waals surface area contributed by atoms with Crippen LogP contribution < -0.4 is 10.2 Å². The van der Waals surface area contributed by atoms with Gasteiger partial charge < -0.3 is 23.9 Å². The molecule has 5 nitrogen and oxygen atoms in total. The summed E-state index contributed by atoms with van der Waals surface area (Å²) in [4.78, 5) is 0. The zero-order chi connectivity index (χ0) is 25.1. The lowest BCUT2D eigenvalue weighted by atomic mass is 9.80. The van der Waals surface area contributed by atoms with E-state index in [9.17, 15) is 10.0 Å². The molecule has 178 valence electrons. The Morgan fingerprint density at radius 3 is 1.68 bits per heavy atom. The van der Waals surface area contributed by atoms with Crippen LogP contribution in [0.3, 0.4) is 0 Å². The van der Waals surface area contributed by atoms with Gasteiger partial charge in [-0.15, -0.1) is 0 Å². The topological polar surface area (TPSA) is 59.6 Å². The van der Waals surface area contributed by atoms with E-state index in [0.717, 1.165) is 50.0 Å². The Morgan fingerprint density at radius 1 is 0.541 bits per heavy atom. The molecule has 0 saturated carbocycles. The van der Waals surface area contributed by atoms with E-state index < -0.39 is 7.12 Å². The van der Waals surface area contributed by atoms with E-state index in [1.54, 1.807) is 13.2 Å². The van der Waals surface area contributed by atoms with E-state index in [-0.39, 0.29) is 0 Å². The molecule has 2 heterocycles. The van der Waals surface area contributed by atoms with Gasteiger partial charge in [-0.05, 0) is 66.1 Å². The summed E-state index contributed by atoms with van der Waals surface area (Å²) < 4.78 is 9.86. The van der Waals surface area contributed by atoms with Crippen LogP contribution in [0.5, 0.6) is 5.75 Å². The zero-order valence-corrected chi connectivity index (χ0v) is 20.2. The van der Waals surface area contributed by atoms with Gasteiger partial charge >= 0.3 is 7.12 Å². The van der Waals surface area contributed by atoms with Crippen molar-refractivity contribution in [2.24, 2.45) is 0 Å². The Morgan fingerprint density at radius 2 is 1.05 bits per heavy atom. The van der Waals surface area contributed by atoms with Crippen molar-refractivity contribution in [2.75, 3.05) is 7.11 Å². The molecule has 5 aromatic carbocycles. The van der Waals surface area contributed by atoms with Crippen molar-refractivity contribution < 1.29 is 14.8 Å². The molecule has 0 fully saturated rings. The SMILES string of the molecule is COc1ccc(-n2c3ccc(B(O)O)cc3c3cc(-n4c5ccccc5c5ccccc54)ccc32)cc1. The summed E-state index contributed by atoms with van der Waals surface area (Å²) in [7, 11) is 0.122. The van der Waals surface area contributed by atoms with Gasteiger partial charge in [0.25, 0.3) is 0 Å². The van der Waals surface area contributed by atoms with Gasteiger partial charge in [0, 0.05) is 32.9 Å². The molecule has 37 heavy (non-hydrogen) atoms. The molecule has 2 N–H and O–H groups in total. The first-order chi connectivity index (χ1) is 18.1. The molecular formula is C31H23BN2O3. The predicted molar refractivity (Wildman–Crippen MR) is 151 cm³/mol. The number of fused-ring (bicyclic) bond motifs is 6. The summed E-state index contributed by atoms with van der Waals surface area (Å²) in [6.45, 7) is 0. The molecule has 0 bridgehead atoms. The molecule has 0 unspecified atom stereocenters. The van der Waals surface area contributed by atoms with Gasteiger partial charge in [-0.25, -0.2) is 0 Å². The molecule has 6 heteroatoms. The first-order valence-electron chi connectivity index (χ1n) is 12.2. The smallest absolute Gasteiger partial charge is 0.488 e. The Bertz CT molecular complexity index is 1900. The van der Waals surface area contributed by atoms with Crippen LogP contribution in [0.15, 0.2) is 109 Å². The fraction of sp³-hybridized carbons (Fsp3) is 0.0323. The quantitative estimate of drug-likeness (QED) is 0.323. The van der Waals surface area contributed by atoms with Gasteiger partial charge in [-0.3, -0.25) is 0 Å². The van der Waals surface area contributed by atoms with Gasteiger partial charge in [0.15, 0.2) is 0 Å². The van der Waals surface area contributed by atoms with Gasteiger partial charge in [-0.2, -0.15) is 0 Å². The van der Waals surface area contributed by atoms with Crippen LogP contribution in [0.1, 0.15) is 0 Å². The Kier molecular flexibility index (Phi) is 4.86. The van der Waals surface area contributed by atoms with Crippen molar-refractivity contribution in [1.29, 1.82) is 0 Å². The maximum Gasteiger partial charge on any atom is 0.488 e. The number of hydrogen-bond donors (Lipinski definition) is 2. The molecule has 2 aromatic heterocycles. The fourth-order valence-electron chi connectivity index (χ4n) is 5.54. The second-order valence-electron chi connectivity index (χ2n) is 9.25. The summed E-state index contributed by atoms with van der Waals surface area (Å²) >= 11 is 0. The van der Waals surface area contributed by atoms with Crippen LogP contribution in [0, 0.1) is 0 Å². The highest BCUT2D eigenvalue weighted by atomic mass is 16.5. The molecule has 0 aliphatic carbocycles. The summed E-state index contributed by atoms with van der Waals surface area (Å²) in [5, 5.41) is 24.2. The van der Waals surface area contributed by atoms with Gasteiger partial charge in [0.05, 0.1) is 29.2 Å². The standard InChI is InChI=1S/C31H23BN2O3/c1-37-23-14-11-21(12-15-23)33-30-16-10-20(32(35)36)18-26(30)27-19-22(13-17-31(27)33)34-28-8-4-2-6-24(28)25-7-3-5-9-29(25)34/h2-19,35-36H,1H3. The van der Waals surface area contributed by atoms with Crippen LogP contribution in [0.2, 0.25) is 0 Å². The molecule has 0 aliphatic heterocycles. The van der Waals surface area contributed by atoms with E-state index in [1.807, 2.05) is 36.4 Å². The van der Waals surface area contributed by atoms with Crippen LogP contribution in [-0.4, -0.2) is 33.4 Å². The second kappa shape index (κ2) is 8.27. The van der Waals surface area contributed by atoms with Crippen molar-refractivity contribution in [3.05, 3.63) is 109 Å². The molecule has 0 radical (unpaired) electrons. The van der Waals surface area contributed by atoms with E-state index in [2.05, 4.69) is 75.9 Å². The summed E-state index contributed by atoms with van der Waals surface area (Å²) in [6.07, 6.45) is 0. The maximum absolute atomic E-state index is 9.91. The average molecular weight is 482 g/mol. The largest absolute Gasteiger partial charge is 0.497 e. The molecule has 7 rings (SSSR count). The van der Waals surface area contributed by atoms with Crippen molar-refractivity contribution >= 4 is 56.2 Å². The minimum absolute atomic E-state index is 0.462. The number of rotatable bonds is 4. The van der Waals surface area contributed by atoms with Crippen LogP contribution in [-0.2, 0) is 0 Å². The number of methoxy groups -OCH3 is 1. The molecule has 0 atom stereocenters. The Hall–Kier alpha value is -4.52. The third-order valence-corrected chi connectivity index (χ3v) is 7.24. The first kappa shape index (κ1) is 21.7. The third kappa shape index (κ3) is 3.27. The van der Waals surface area contributed by atoms with Crippen molar-refractivity contribution in [3.8, 4) is 17.1 Å². The van der Waals surface area contributed by atoms with E-state index >= 15 is 0 Å². The van der Waals surface area contributed by atoms with E-state index in [1.165, 1.54) is 10.8 Å². The maximum atomic E-state index is 9.91. The Balaban J connectivity index is 1.56. The lowest BCUT2D eigenvalue weighted by Gasteiger charge is -2.11. The highest BCUT2D eigenvalue weighted by Gasteiger charge is 2.19. The molecule has 0 amide bonds. The first-order valence-corrected chi connectivity index (χ1v) is 12.2. The Labute approximate surface area is 213 Å². The monoisotopic (exact) mass is 482 g/mol. The second-order valence-corrected chi connectivity index (χ2v) is 9.25. The third-order valence-electron chi connectivity index (χ3n) is 7.24. The lowest BCUT2D eigenvalue weighted by molar-refractivity contribution is 0.415. The fourth-order valence-corrected chi connectivity index (χ4v) is 5.54. The number of benzene rings is 5. The summed E-state index contributed by atoms with van der Waals surface area (Å²) in [6, 6.07) is 37.0. The van der Waals surface area contributed by atoms with E-state index in [0.29, 0.717) is 5.46 Å². The van der Waals surface area contributed by atoms with Crippen molar-refractivity contribution in [3.63, 3.8) is 0 Å². The molecule has 0 aliphatic rings. The number of ether oxygens (including phenoxy) is 1. The minimum Gasteiger partial charge on any atom is -0.497 e. The summed E-state index contributed by atoms with van der Waals surface area (Å²) in [5.74, 6) is 0.795. The summed E-state index contributed by atoms with van der Waals surface area (Å²) in [5.41, 5.74) is 6.83. The van der Waals surface area contributed by atoms with Gasteiger partial charge in [0.1, 0.15) is 5.75 Å². The van der Waals surface area contributed by atoms with Crippen LogP contribution >= 0.6 is 0 Å². The number of aromatic nitrogens is 2. The van der Waals surface area contributed by atoms with Gasteiger partial charge in [-0.1, -0.05) is 48.5 Å². The number of hydrogen-bond acceptors (Lipinski definition) is 3. The normalized spacial score (nSPS) is 11.6. The molecule has 7 aromatic rings.